The van der Waals surface area contributed by atoms with E-state index in [1.165, 1.54) is 0 Å². The molecule has 0 spiro atoms. The normalized spacial score (nSPS) is 12.9. The average Bonchev–Trinajstić information content (AvgIpc) is 2.87. The Morgan fingerprint density at radius 2 is 2.19 bits per heavy atom. The van der Waals surface area contributed by atoms with Gasteiger partial charge in [-0.2, -0.15) is 5.10 Å². The van der Waals surface area contributed by atoms with Crippen molar-refractivity contribution < 1.29 is 9.90 Å². The summed E-state index contributed by atoms with van der Waals surface area (Å²) in [5.41, 5.74) is 2.04. The Morgan fingerprint density at radius 1 is 1.48 bits per heavy atom. The van der Waals surface area contributed by atoms with E-state index in [9.17, 15) is 9.90 Å². The number of carbonyl (C=O) groups excluding carboxylic acids is 1. The maximum Gasteiger partial charge on any atom is 0.252 e. The van der Waals surface area contributed by atoms with Crippen LogP contribution in [0, 0.1) is 6.92 Å². The second-order valence-electron chi connectivity index (χ2n) is 5.49. The third-order valence-electron chi connectivity index (χ3n) is 3.48. The van der Waals surface area contributed by atoms with E-state index in [0.717, 1.165) is 11.1 Å². The fourth-order valence-corrected chi connectivity index (χ4v) is 2.25. The molecule has 1 atom stereocenters. The van der Waals surface area contributed by atoms with Crippen LogP contribution in [-0.4, -0.2) is 38.4 Å². The summed E-state index contributed by atoms with van der Waals surface area (Å²) in [4.78, 5) is 16.9. The number of hydrogen-bond acceptors (Lipinski definition) is 4. The van der Waals surface area contributed by atoms with E-state index in [2.05, 4.69) is 15.4 Å². The monoisotopic (exact) mass is 290 g/mol. The number of aromatic nitrogens is 3. The van der Waals surface area contributed by atoms with Gasteiger partial charge < -0.3 is 10.4 Å². The lowest BCUT2D eigenvalue weighted by atomic mass is 10.1. The highest BCUT2D eigenvalue weighted by Crippen LogP contribution is 2.21. The van der Waals surface area contributed by atoms with Crippen LogP contribution in [0.2, 0.25) is 0 Å². The first-order valence-electron chi connectivity index (χ1n) is 7.24. The molecule has 114 valence electrons. The van der Waals surface area contributed by atoms with Crippen molar-refractivity contribution in [1.29, 1.82) is 0 Å². The fraction of sp³-hybridized carbons (Fsp3) is 0.533. The zero-order valence-electron chi connectivity index (χ0n) is 12.9. The van der Waals surface area contributed by atoms with Crippen LogP contribution >= 0.6 is 0 Å². The Hall–Kier alpha value is -1.95. The second kappa shape index (κ2) is 6.22. The first kappa shape index (κ1) is 15.4. The summed E-state index contributed by atoms with van der Waals surface area (Å²) in [6.07, 6.45) is 2.36. The molecule has 2 aromatic rings. The van der Waals surface area contributed by atoms with Gasteiger partial charge in [0.2, 0.25) is 0 Å². The molecular formula is C15H22N4O2. The Balaban J connectivity index is 2.46. The molecule has 0 saturated carbocycles. The molecule has 0 radical (unpaired) electrons. The molecule has 0 aliphatic carbocycles. The first-order chi connectivity index (χ1) is 9.97. The van der Waals surface area contributed by atoms with E-state index >= 15 is 0 Å². The maximum atomic E-state index is 12.4. The first-order valence-corrected chi connectivity index (χ1v) is 7.24. The maximum absolute atomic E-state index is 12.4. The molecule has 2 aromatic heterocycles. The SMILES string of the molecule is CCC(CO)NC(=O)c1cc(C)nc2c1cnn2C(C)C. The number of aliphatic hydroxyl groups excluding tert-OH is 1. The Bertz CT molecular complexity index is 644. The van der Waals surface area contributed by atoms with E-state index in [0.29, 0.717) is 17.6 Å². The standard InChI is InChI=1S/C15H22N4O2/c1-5-11(8-20)18-15(21)12-6-10(4)17-14-13(12)7-16-19(14)9(2)3/h6-7,9,11,20H,5,8H2,1-4H3,(H,18,21). The molecule has 21 heavy (non-hydrogen) atoms. The van der Waals surface area contributed by atoms with Gasteiger partial charge in [0.25, 0.3) is 5.91 Å². The highest BCUT2D eigenvalue weighted by molar-refractivity contribution is 6.05. The van der Waals surface area contributed by atoms with Gasteiger partial charge in [0.05, 0.1) is 29.8 Å². The number of nitrogens with one attached hydrogen (secondary N) is 1. The van der Waals surface area contributed by atoms with Crippen molar-refractivity contribution in [2.75, 3.05) is 6.61 Å². The van der Waals surface area contributed by atoms with Gasteiger partial charge in [-0.15, -0.1) is 0 Å². The smallest absolute Gasteiger partial charge is 0.252 e. The number of aryl methyl sites for hydroxylation is 1. The van der Waals surface area contributed by atoms with Gasteiger partial charge in [-0.25, -0.2) is 9.67 Å². The van der Waals surface area contributed by atoms with Crippen molar-refractivity contribution in [3.05, 3.63) is 23.5 Å². The summed E-state index contributed by atoms with van der Waals surface area (Å²) >= 11 is 0. The number of carbonyl (C=O) groups is 1. The lowest BCUT2D eigenvalue weighted by Gasteiger charge is -2.15. The molecule has 1 unspecified atom stereocenters. The molecule has 0 aliphatic heterocycles. The minimum Gasteiger partial charge on any atom is -0.394 e. The predicted molar refractivity (Wildman–Crippen MR) is 81.3 cm³/mol. The highest BCUT2D eigenvalue weighted by atomic mass is 16.3. The van der Waals surface area contributed by atoms with Gasteiger partial charge >= 0.3 is 0 Å². The number of rotatable bonds is 5. The summed E-state index contributed by atoms with van der Waals surface area (Å²) < 4.78 is 1.81. The van der Waals surface area contributed by atoms with Crippen molar-refractivity contribution in [1.82, 2.24) is 20.1 Å². The van der Waals surface area contributed by atoms with Crippen LogP contribution in [0.5, 0.6) is 0 Å². The number of fused-ring (bicyclic) bond motifs is 1. The zero-order valence-corrected chi connectivity index (χ0v) is 12.9. The van der Waals surface area contributed by atoms with Crippen molar-refractivity contribution >= 4 is 16.9 Å². The van der Waals surface area contributed by atoms with Crippen LogP contribution in [0.3, 0.4) is 0 Å². The number of pyridine rings is 1. The lowest BCUT2D eigenvalue weighted by molar-refractivity contribution is 0.0916. The molecule has 0 fully saturated rings. The van der Waals surface area contributed by atoms with Crippen LogP contribution in [0.25, 0.3) is 11.0 Å². The van der Waals surface area contributed by atoms with Crippen molar-refractivity contribution in [3.63, 3.8) is 0 Å². The van der Waals surface area contributed by atoms with Crippen molar-refractivity contribution in [2.45, 2.75) is 46.2 Å². The van der Waals surface area contributed by atoms with Gasteiger partial charge in [0.15, 0.2) is 5.65 Å². The molecule has 1 amide bonds. The molecule has 6 nitrogen and oxygen atoms in total. The third-order valence-corrected chi connectivity index (χ3v) is 3.48. The Morgan fingerprint density at radius 3 is 2.76 bits per heavy atom. The Kier molecular flexibility index (Phi) is 4.57. The summed E-state index contributed by atoms with van der Waals surface area (Å²) in [5, 5.41) is 17.1. The summed E-state index contributed by atoms with van der Waals surface area (Å²) in [6, 6.07) is 1.70. The van der Waals surface area contributed by atoms with Gasteiger partial charge in [-0.05, 0) is 33.3 Å². The van der Waals surface area contributed by atoms with Gasteiger partial charge in [-0.1, -0.05) is 6.92 Å². The van der Waals surface area contributed by atoms with Crippen LogP contribution in [0.4, 0.5) is 0 Å². The van der Waals surface area contributed by atoms with Gasteiger partial charge in [-0.3, -0.25) is 4.79 Å². The van der Waals surface area contributed by atoms with Crippen LogP contribution in [0.15, 0.2) is 12.3 Å². The summed E-state index contributed by atoms with van der Waals surface area (Å²) in [6.45, 7) is 7.76. The van der Waals surface area contributed by atoms with E-state index in [1.807, 2.05) is 32.4 Å². The fourth-order valence-electron chi connectivity index (χ4n) is 2.25. The molecule has 0 aliphatic rings. The molecule has 2 rings (SSSR count). The van der Waals surface area contributed by atoms with Crippen LogP contribution in [0.1, 0.15) is 49.3 Å². The Labute approximate surface area is 124 Å². The van der Waals surface area contributed by atoms with E-state index in [4.69, 9.17) is 0 Å². The summed E-state index contributed by atoms with van der Waals surface area (Å²) in [5.74, 6) is -0.199. The lowest BCUT2D eigenvalue weighted by Crippen LogP contribution is -2.37. The highest BCUT2D eigenvalue weighted by Gasteiger charge is 2.18. The zero-order chi connectivity index (χ0) is 15.6. The van der Waals surface area contributed by atoms with Gasteiger partial charge in [0, 0.05) is 11.7 Å². The molecule has 0 aromatic carbocycles. The average molecular weight is 290 g/mol. The van der Waals surface area contributed by atoms with E-state index in [-0.39, 0.29) is 24.6 Å². The third kappa shape index (κ3) is 3.05. The van der Waals surface area contributed by atoms with Crippen LogP contribution in [-0.2, 0) is 0 Å². The van der Waals surface area contributed by atoms with Crippen molar-refractivity contribution in [3.8, 4) is 0 Å². The minimum absolute atomic E-state index is 0.0687. The van der Waals surface area contributed by atoms with Crippen molar-refractivity contribution in [2.24, 2.45) is 0 Å². The largest absolute Gasteiger partial charge is 0.394 e. The number of amides is 1. The number of aliphatic hydroxyl groups is 1. The molecule has 6 heteroatoms. The number of hydrogen-bond donors (Lipinski definition) is 2. The molecule has 2 heterocycles. The quantitative estimate of drug-likeness (QED) is 0.880. The molecule has 0 saturated heterocycles. The number of nitrogens with zero attached hydrogens (tertiary/aromatic N) is 3. The second-order valence-corrected chi connectivity index (χ2v) is 5.49. The summed E-state index contributed by atoms with van der Waals surface area (Å²) in [7, 11) is 0. The van der Waals surface area contributed by atoms with Crippen LogP contribution < -0.4 is 5.32 Å². The molecule has 0 bridgehead atoms. The predicted octanol–water partition coefficient (Wildman–Crippen LogP) is 1.82. The molecule has 2 N–H and O–H groups in total. The minimum atomic E-state index is -0.235. The van der Waals surface area contributed by atoms with E-state index in [1.54, 1.807) is 12.3 Å². The topological polar surface area (TPSA) is 80.0 Å². The van der Waals surface area contributed by atoms with Gasteiger partial charge in [0.1, 0.15) is 0 Å². The van der Waals surface area contributed by atoms with E-state index < -0.39 is 0 Å². The molecular weight excluding hydrogens is 268 g/mol.